The zero-order valence-corrected chi connectivity index (χ0v) is 16.1. The molecule has 0 unspecified atom stereocenters. The van der Waals surface area contributed by atoms with Crippen molar-refractivity contribution in [1.29, 1.82) is 0 Å². The SMILES string of the molecule is O=C(NC1CC1)[C@@H]1O[C@@H]2O[C@H]1C(=O)N(Cc1ccccc1)[C@H]2Cc1ccccc1. The van der Waals surface area contributed by atoms with Gasteiger partial charge in [0.05, 0.1) is 6.04 Å². The van der Waals surface area contributed by atoms with Gasteiger partial charge in [0.1, 0.15) is 0 Å². The van der Waals surface area contributed by atoms with Crippen molar-refractivity contribution in [3.05, 3.63) is 71.8 Å². The molecule has 6 heteroatoms. The lowest BCUT2D eigenvalue weighted by Crippen LogP contribution is -2.56. The van der Waals surface area contributed by atoms with Gasteiger partial charge in [-0.15, -0.1) is 0 Å². The summed E-state index contributed by atoms with van der Waals surface area (Å²) in [6.45, 7) is 0.466. The maximum atomic E-state index is 13.3. The van der Waals surface area contributed by atoms with E-state index in [-0.39, 0.29) is 23.9 Å². The third-order valence-electron chi connectivity index (χ3n) is 5.74. The maximum Gasteiger partial charge on any atom is 0.255 e. The molecule has 2 amide bonds. The van der Waals surface area contributed by atoms with E-state index < -0.39 is 18.5 Å². The number of hydrogen-bond donors (Lipinski definition) is 1. The molecule has 2 aliphatic heterocycles. The standard InChI is InChI=1S/C23H24N2O4/c26-21(24-17-11-12-17)19-20-22(27)25(14-16-9-5-2-6-10-16)18(23(28-19)29-20)13-15-7-3-1-4-8-15/h1-10,17-20,23H,11-14H2,(H,24,26)/t18-,19+,20+,23+/m0/s1. The highest BCUT2D eigenvalue weighted by Crippen LogP contribution is 2.34. The third kappa shape index (κ3) is 3.78. The van der Waals surface area contributed by atoms with Gasteiger partial charge in [0.25, 0.3) is 11.8 Å². The number of amides is 2. The molecule has 29 heavy (non-hydrogen) atoms. The van der Waals surface area contributed by atoms with Crippen molar-refractivity contribution in [2.75, 3.05) is 0 Å². The minimum Gasteiger partial charge on any atom is -0.351 e. The highest BCUT2D eigenvalue weighted by atomic mass is 16.7. The van der Waals surface area contributed by atoms with Crippen LogP contribution in [-0.2, 0) is 32.0 Å². The van der Waals surface area contributed by atoms with Crippen LogP contribution < -0.4 is 5.32 Å². The fourth-order valence-electron chi connectivity index (χ4n) is 4.05. The Labute approximate surface area is 169 Å². The van der Waals surface area contributed by atoms with Crippen molar-refractivity contribution in [1.82, 2.24) is 10.2 Å². The summed E-state index contributed by atoms with van der Waals surface area (Å²) in [5.74, 6) is -0.423. The Morgan fingerprint density at radius 1 is 0.966 bits per heavy atom. The summed E-state index contributed by atoms with van der Waals surface area (Å²) >= 11 is 0. The van der Waals surface area contributed by atoms with Crippen LogP contribution in [-0.4, -0.2) is 47.3 Å². The quantitative estimate of drug-likeness (QED) is 0.817. The van der Waals surface area contributed by atoms with Gasteiger partial charge < -0.3 is 19.7 Å². The largest absolute Gasteiger partial charge is 0.351 e. The number of benzene rings is 2. The van der Waals surface area contributed by atoms with Crippen molar-refractivity contribution in [3.63, 3.8) is 0 Å². The fraction of sp³-hybridized carbons (Fsp3) is 0.391. The monoisotopic (exact) mass is 392 g/mol. The summed E-state index contributed by atoms with van der Waals surface area (Å²) in [5.41, 5.74) is 2.14. The summed E-state index contributed by atoms with van der Waals surface area (Å²) in [6.07, 6.45) is 0.197. The smallest absolute Gasteiger partial charge is 0.255 e. The summed E-state index contributed by atoms with van der Waals surface area (Å²) in [6, 6.07) is 19.8. The van der Waals surface area contributed by atoms with E-state index in [4.69, 9.17) is 9.47 Å². The Hall–Kier alpha value is -2.70. The zero-order valence-electron chi connectivity index (χ0n) is 16.1. The van der Waals surface area contributed by atoms with Gasteiger partial charge in [-0.05, 0) is 30.4 Å². The average Bonchev–Trinajstić information content (AvgIpc) is 3.46. The molecule has 2 aromatic carbocycles. The molecular formula is C23H24N2O4. The number of rotatable bonds is 6. The second-order valence-electron chi connectivity index (χ2n) is 7.97. The first-order valence-electron chi connectivity index (χ1n) is 10.2. The van der Waals surface area contributed by atoms with Gasteiger partial charge in [-0.3, -0.25) is 9.59 Å². The topological polar surface area (TPSA) is 67.9 Å². The molecule has 3 fully saturated rings. The number of carbonyl (C=O) groups is 2. The van der Waals surface area contributed by atoms with Crippen LogP contribution in [0.5, 0.6) is 0 Å². The lowest BCUT2D eigenvalue weighted by molar-refractivity contribution is -0.177. The van der Waals surface area contributed by atoms with Crippen LogP contribution in [0.25, 0.3) is 0 Å². The first kappa shape index (κ1) is 18.3. The van der Waals surface area contributed by atoms with Crippen molar-refractivity contribution < 1.29 is 19.1 Å². The molecule has 2 aromatic rings. The normalized spacial score (nSPS) is 28.4. The van der Waals surface area contributed by atoms with Crippen LogP contribution >= 0.6 is 0 Å². The number of ether oxygens (including phenoxy) is 2. The van der Waals surface area contributed by atoms with Crippen molar-refractivity contribution in [2.45, 2.75) is 56.4 Å². The molecule has 2 saturated heterocycles. The van der Waals surface area contributed by atoms with Crippen LogP contribution in [0.3, 0.4) is 0 Å². The van der Waals surface area contributed by atoms with Crippen LogP contribution in [0.15, 0.2) is 60.7 Å². The number of nitrogens with one attached hydrogen (secondary N) is 1. The molecule has 4 atom stereocenters. The van der Waals surface area contributed by atoms with Crippen LogP contribution in [0.4, 0.5) is 0 Å². The molecule has 2 bridgehead atoms. The number of carbonyl (C=O) groups excluding carboxylic acids is 2. The second-order valence-corrected chi connectivity index (χ2v) is 7.97. The molecule has 1 N–H and O–H groups in total. The first-order valence-corrected chi connectivity index (χ1v) is 10.2. The number of hydrogen-bond acceptors (Lipinski definition) is 4. The van der Waals surface area contributed by atoms with Gasteiger partial charge >= 0.3 is 0 Å². The van der Waals surface area contributed by atoms with Gasteiger partial charge in [0.2, 0.25) is 0 Å². The van der Waals surface area contributed by atoms with Crippen LogP contribution in [0, 0.1) is 0 Å². The van der Waals surface area contributed by atoms with Crippen molar-refractivity contribution in [2.24, 2.45) is 0 Å². The maximum absolute atomic E-state index is 13.3. The minimum atomic E-state index is -0.882. The highest BCUT2D eigenvalue weighted by Gasteiger charge is 2.55. The average molecular weight is 392 g/mol. The first-order chi connectivity index (χ1) is 14.2. The van der Waals surface area contributed by atoms with Crippen molar-refractivity contribution in [3.8, 4) is 0 Å². The Balaban J connectivity index is 1.42. The second kappa shape index (κ2) is 7.61. The third-order valence-corrected chi connectivity index (χ3v) is 5.74. The van der Waals surface area contributed by atoms with E-state index in [9.17, 15) is 9.59 Å². The van der Waals surface area contributed by atoms with Crippen LogP contribution in [0.1, 0.15) is 24.0 Å². The lowest BCUT2D eigenvalue weighted by atomic mass is 10.0. The van der Waals surface area contributed by atoms with Gasteiger partial charge in [0.15, 0.2) is 18.5 Å². The summed E-state index contributed by atoms with van der Waals surface area (Å²) in [5, 5.41) is 2.94. The Morgan fingerprint density at radius 2 is 1.62 bits per heavy atom. The van der Waals surface area contributed by atoms with E-state index in [0.717, 1.165) is 24.0 Å². The summed E-state index contributed by atoms with van der Waals surface area (Å²) in [4.78, 5) is 27.8. The predicted molar refractivity (Wildman–Crippen MR) is 106 cm³/mol. The zero-order chi connectivity index (χ0) is 19.8. The molecule has 1 aliphatic carbocycles. The van der Waals surface area contributed by atoms with E-state index in [1.807, 2.05) is 65.6 Å². The van der Waals surface area contributed by atoms with Gasteiger partial charge in [-0.1, -0.05) is 60.7 Å². The van der Waals surface area contributed by atoms with E-state index in [1.165, 1.54) is 0 Å². The van der Waals surface area contributed by atoms with E-state index in [1.54, 1.807) is 0 Å². The summed E-state index contributed by atoms with van der Waals surface area (Å²) in [7, 11) is 0. The Morgan fingerprint density at radius 3 is 2.28 bits per heavy atom. The fourth-order valence-corrected chi connectivity index (χ4v) is 4.05. The van der Waals surface area contributed by atoms with E-state index >= 15 is 0 Å². The predicted octanol–water partition coefficient (Wildman–Crippen LogP) is 2.03. The van der Waals surface area contributed by atoms with Gasteiger partial charge in [0, 0.05) is 12.6 Å². The Bertz CT molecular complexity index is 884. The molecule has 5 rings (SSSR count). The molecule has 0 radical (unpaired) electrons. The molecule has 2 heterocycles. The van der Waals surface area contributed by atoms with E-state index in [2.05, 4.69) is 5.32 Å². The van der Waals surface area contributed by atoms with Gasteiger partial charge in [-0.2, -0.15) is 0 Å². The summed E-state index contributed by atoms with van der Waals surface area (Å²) < 4.78 is 11.9. The molecule has 0 aromatic heterocycles. The molecule has 3 aliphatic rings. The van der Waals surface area contributed by atoms with Crippen molar-refractivity contribution >= 4 is 11.8 Å². The van der Waals surface area contributed by atoms with E-state index in [0.29, 0.717) is 13.0 Å². The van der Waals surface area contributed by atoms with Crippen LogP contribution in [0.2, 0.25) is 0 Å². The Kier molecular flexibility index (Phi) is 4.81. The van der Waals surface area contributed by atoms with Gasteiger partial charge in [-0.25, -0.2) is 0 Å². The molecule has 150 valence electrons. The molecular weight excluding hydrogens is 368 g/mol. The number of nitrogens with zero attached hydrogens (tertiary/aromatic N) is 1. The highest BCUT2D eigenvalue weighted by molar-refractivity contribution is 5.92. The number of fused-ring (bicyclic) bond motifs is 2. The molecule has 0 spiro atoms. The molecule has 6 nitrogen and oxygen atoms in total. The lowest BCUT2D eigenvalue weighted by Gasteiger charge is -2.38. The molecule has 1 saturated carbocycles. The minimum absolute atomic E-state index is 0.181. The number of morpholine rings is 1.